The number of amides is 1. The molecule has 10 heavy (non-hydrogen) atoms. The number of primary amides is 1. The second-order valence-corrected chi connectivity index (χ2v) is 2.15. The zero-order valence-electron chi connectivity index (χ0n) is 5.34. The molecule has 1 heterocycles. The van der Waals surface area contributed by atoms with Gasteiger partial charge in [-0.25, -0.2) is 9.18 Å². The molecule has 0 unspecified atom stereocenters. The van der Waals surface area contributed by atoms with E-state index in [2.05, 4.69) is 15.8 Å². The molecular weight excluding hydrogens is 139 g/mol. The fraction of sp³-hybridized carbons (Fsp3) is 0.800. The van der Waals surface area contributed by atoms with Gasteiger partial charge < -0.3 is 15.8 Å². The van der Waals surface area contributed by atoms with E-state index in [9.17, 15) is 9.18 Å². The average Bonchev–Trinajstić information content (AvgIpc) is 2.15. The summed E-state index contributed by atoms with van der Waals surface area (Å²) in [7, 11) is 0. The second kappa shape index (κ2) is 2.83. The van der Waals surface area contributed by atoms with E-state index in [1.165, 1.54) is 0 Å². The quantitative estimate of drug-likeness (QED) is 0.521. The minimum Gasteiger partial charge on any atom is -0.442 e. The van der Waals surface area contributed by atoms with Crippen molar-refractivity contribution in [1.29, 1.82) is 0 Å². The number of nitrogens with one attached hydrogen (secondary N) is 1. The van der Waals surface area contributed by atoms with Crippen molar-refractivity contribution < 1.29 is 13.9 Å². The van der Waals surface area contributed by atoms with Crippen LogP contribution in [0.1, 0.15) is 0 Å². The summed E-state index contributed by atoms with van der Waals surface area (Å²) < 4.78 is 17.0. The van der Waals surface area contributed by atoms with Gasteiger partial charge >= 0.3 is 6.09 Å². The third-order valence-corrected chi connectivity index (χ3v) is 1.36. The van der Waals surface area contributed by atoms with Crippen molar-refractivity contribution in [3.63, 3.8) is 0 Å². The third-order valence-electron chi connectivity index (χ3n) is 1.36. The molecule has 1 amide bonds. The van der Waals surface area contributed by atoms with E-state index in [0.717, 1.165) is 0 Å². The molecule has 58 valence electrons. The van der Waals surface area contributed by atoms with Crippen molar-refractivity contribution in [2.45, 2.75) is 12.3 Å². The minimum absolute atomic E-state index is 0.234. The molecule has 0 aromatic carbocycles. The molecule has 1 rings (SSSR count). The first-order valence-corrected chi connectivity index (χ1v) is 3.01. The monoisotopic (exact) mass is 148 g/mol. The van der Waals surface area contributed by atoms with Crippen molar-refractivity contribution in [3.8, 4) is 0 Å². The molecule has 2 atom stereocenters. The highest BCUT2D eigenvalue weighted by molar-refractivity contribution is 5.64. The highest BCUT2D eigenvalue weighted by Crippen LogP contribution is 2.07. The van der Waals surface area contributed by atoms with Crippen molar-refractivity contribution in [2.75, 3.05) is 13.1 Å². The van der Waals surface area contributed by atoms with E-state index in [1.54, 1.807) is 0 Å². The molecule has 1 fully saturated rings. The molecule has 1 aliphatic heterocycles. The molecule has 1 saturated heterocycles. The fourth-order valence-electron chi connectivity index (χ4n) is 0.887. The smallest absolute Gasteiger partial charge is 0.404 e. The first kappa shape index (κ1) is 7.27. The maximum atomic E-state index is 12.6. The molecular formula is C5H9FN2O2. The summed E-state index contributed by atoms with van der Waals surface area (Å²) in [5, 5.41) is 2.72. The Kier molecular flexibility index (Phi) is 2.06. The van der Waals surface area contributed by atoms with Crippen LogP contribution in [0.4, 0.5) is 9.18 Å². The number of hydrogen-bond donors (Lipinski definition) is 2. The van der Waals surface area contributed by atoms with Gasteiger partial charge in [0.2, 0.25) is 0 Å². The first-order valence-electron chi connectivity index (χ1n) is 3.01. The Balaban J connectivity index is 2.33. The zero-order valence-corrected chi connectivity index (χ0v) is 5.34. The van der Waals surface area contributed by atoms with Gasteiger partial charge in [-0.15, -0.1) is 0 Å². The van der Waals surface area contributed by atoms with Crippen molar-refractivity contribution in [3.05, 3.63) is 0 Å². The van der Waals surface area contributed by atoms with Crippen LogP contribution < -0.4 is 11.1 Å². The van der Waals surface area contributed by atoms with Gasteiger partial charge in [-0.2, -0.15) is 0 Å². The molecule has 0 spiro atoms. The normalized spacial score (nSPS) is 32.1. The van der Waals surface area contributed by atoms with Crippen molar-refractivity contribution >= 4 is 6.09 Å². The van der Waals surface area contributed by atoms with E-state index < -0.39 is 18.4 Å². The molecule has 5 heteroatoms. The molecule has 0 aliphatic carbocycles. The van der Waals surface area contributed by atoms with E-state index >= 15 is 0 Å². The molecule has 0 saturated carbocycles. The van der Waals surface area contributed by atoms with Gasteiger partial charge in [0, 0.05) is 13.1 Å². The lowest BCUT2D eigenvalue weighted by atomic mass is 10.3. The Bertz CT molecular complexity index is 142. The fourth-order valence-corrected chi connectivity index (χ4v) is 0.887. The lowest BCUT2D eigenvalue weighted by Gasteiger charge is -2.09. The lowest BCUT2D eigenvalue weighted by Crippen LogP contribution is -2.29. The summed E-state index contributed by atoms with van der Waals surface area (Å²) in [4.78, 5) is 10.1. The summed E-state index contributed by atoms with van der Waals surface area (Å²) in [6, 6.07) is 0. The lowest BCUT2D eigenvalue weighted by molar-refractivity contribution is 0.0771. The van der Waals surface area contributed by atoms with Crippen molar-refractivity contribution in [2.24, 2.45) is 5.73 Å². The Labute approximate surface area is 57.5 Å². The Morgan fingerprint density at radius 2 is 2.40 bits per heavy atom. The van der Waals surface area contributed by atoms with Crippen LogP contribution in [0.2, 0.25) is 0 Å². The highest BCUT2D eigenvalue weighted by Gasteiger charge is 2.29. The van der Waals surface area contributed by atoms with Crippen LogP contribution in [0.3, 0.4) is 0 Å². The van der Waals surface area contributed by atoms with Crippen LogP contribution in [0.15, 0.2) is 0 Å². The Morgan fingerprint density at radius 1 is 1.70 bits per heavy atom. The van der Waals surface area contributed by atoms with E-state index in [-0.39, 0.29) is 6.54 Å². The maximum absolute atomic E-state index is 12.6. The van der Waals surface area contributed by atoms with Gasteiger partial charge in [0.15, 0.2) is 6.17 Å². The number of alkyl halides is 1. The predicted octanol–water partition coefficient (Wildman–Crippen LogP) is -0.608. The number of ether oxygens (including phenoxy) is 1. The van der Waals surface area contributed by atoms with Gasteiger partial charge in [-0.3, -0.25) is 0 Å². The topological polar surface area (TPSA) is 64.4 Å². The number of rotatable bonds is 1. The van der Waals surface area contributed by atoms with Crippen LogP contribution in [-0.4, -0.2) is 31.5 Å². The predicted molar refractivity (Wildman–Crippen MR) is 32.2 cm³/mol. The van der Waals surface area contributed by atoms with Gasteiger partial charge in [0.1, 0.15) is 6.10 Å². The van der Waals surface area contributed by atoms with E-state index in [4.69, 9.17) is 0 Å². The molecule has 0 bridgehead atoms. The second-order valence-electron chi connectivity index (χ2n) is 2.15. The summed E-state index contributed by atoms with van der Waals surface area (Å²) >= 11 is 0. The first-order chi connectivity index (χ1) is 4.70. The summed E-state index contributed by atoms with van der Waals surface area (Å²) in [6.45, 7) is 0.585. The van der Waals surface area contributed by atoms with Crippen LogP contribution in [-0.2, 0) is 4.74 Å². The third kappa shape index (κ3) is 1.57. The van der Waals surface area contributed by atoms with Gasteiger partial charge in [-0.1, -0.05) is 0 Å². The number of nitrogens with two attached hydrogens (primary N) is 1. The minimum atomic E-state index is -1.12. The Morgan fingerprint density at radius 3 is 2.80 bits per heavy atom. The van der Waals surface area contributed by atoms with E-state index in [0.29, 0.717) is 6.54 Å². The van der Waals surface area contributed by atoms with Crippen LogP contribution in [0.5, 0.6) is 0 Å². The van der Waals surface area contributed by atoms with Gasteiger partial charge in [0.05, 0.1) is 0 Å². The molecule has 0 aromatic heterocycles. The van der Waals surface area contributed by atoms with E-state index in [1.807, 2.05) is 0 Å². The average molecular weight is 148 g/mol. The summed E-state index contributed by atoms with van der Waals surface area (Å²) in [6.07, 6.45) is -2.73. The molecule has 0 radical (unpaired) electrons. The molecule has 4 nitrogen and oxygen atoms in total. The summed E-state index contributed by atoms with van der Waals surface area (Å²) in [5.41, 5.74) is 4.68. The molecule has 1 aliphatic rings. The number of halogens is 1. The highest BCUT2D eigenvalue weighted by atomic mass is 19.1. The maximum Gasteiger partial charge on any atom is 0.404 e. The van der Waals surface area contributed by atoms with Gasteiger partial charge in [-0.05, 0) is 0 Å². The van der Waals surface area contributed by atoms with Crippen LogP contribution >= 0.6 is 0 Å². The molecule has 3 N–H and O–H groups in total. The number of carbonyl (C=O) groups is 1. The molecule has 0 aromatic rings. The zero-order chi connectivity index (χ0) is 7.56. The standard InChI is InChI=1S/C5H9FN2O2/c6-3-1-8-2-4(3)10-5(7)9/h3-4,8H,1-2H2,(H2,7,9)/t3-,4-/m1/s1. The number of carbonyl (C=O) groups excluding carboxylic acids is 1. The number of hydrogen-bond acceptors (Lipinski definition) is 3. The van der Waals surface area contributed by atoms with Crippen LogP contribution in [0, 0.1) is 0 Å². The van der Waals surface area contributed by atoms with Gasteiger partial charge in [0.25, 0.3) is 0 Å². The Hall–Kier alpha value is -0.840. The SMILES string of the molecule is NC(=O)O[C@@H]1CNC[C@H]1F. The summed E-state index contributed by atoms with van der Waals surface area (Å²) in [5.74, 6) is 0. The van der Waals surface area contributed by atoms with Crippen LogP contribution in [0.25, 0.3) is 0 Å². The largest absolute Gasteiger partial charge is 0.442 e. The van der Waals surface area contributed by atoms with Crippen molar-refractivity contribution in [1.82, 2.24) is 5.32 Å².